The zero-order valence-electron chi connectivity index (χ0n) is 15.2. The number of ether oxygens (including phenoxy) is 2. The molecule has 0 fully saturated rings. The first-order valence-electron chi connectivity index (χ1n) is 8.82. The lowest BCUT2D eigenvalue weighted by Crippen LogP contribution is -2.29. The largest absolute Gasteiger partial charge is 0.497 e. The van der Waals surface area contributed by atoms with Crippen LogP contribution in [0.2, 0.25) is 0 Å². The molecule has 0 aromatic heterocycles. The number of para-hydroxylation sites is 1. The Hall–Kier alpha value is -3.15. The zero-order chi connectivity index (χ0) is 19.7. The second kappa shape index (κ2) is 7.11. The van der Waals surface area contributed by atoms with E-state index in [0.29, 0.717) is 30.0 Å². The van der Waals surface area contributed by atoms with Crippen molar-refractivity contribution in [3.8, 4) is 22.6 Å². The van der Waals surface area contributed by atoms with Gasteiger partial charge in [0.1, 0.15) is 18.1 Å². The smallest absolute Gasteiger partial charge is 0.416 e. The Kier molecular flexibility index (Phi) is 4.63. The molecular formula is C22H18F3NO2. The molecule has 1 aliphatic heterocycles. The van der Waals surface area contributed by atoms with Gasteiger partial charge >= 0.3 is 6.18 Å². The Morgan fingerprint density at radius 2 is 1.71 bits per heavy atom. The van der Waals surface area contributed by atoms with Crippen molar-refractivity contribution in [3.63, 3.8) is 0 Å². The minimum atomic E-state index is -4.39. The molecule has 0 amide bonds. The summed E-state index contributed by atoms with van der Waals surface area (Å²) in [6.45, 7) is 1.08. The second-order valence-electron chi connectivity index (χ2n) is 6.43. The fourth-order valence-corrected chi connectivity index (χ4v) is 3.39. The molecule has 4 rings (SSSR count). The lowest BCUT2D eigenvalue weighted by molar-refractivity contribution is -0.137. The summed E-state index contributed by atoms with van der Waals surface area (Å²) in [4.78, 5) is 2.06. The van der Waals surface area contributed by atoms with Crippen molar-refractivity contribution in [2.45, 2.75) is 6.18 Å². The predicted octanol–water partition coefficient (Wildman–Crippen LogP) is 5.91. The average molecular weight is 385 g/mol. The molecule has 144 valence electrons. The predicted molar refractivity (Wildman–Crippen MR) is 102 cm³/mol. The first-order valence-corrected chi connectivity index (χ1v) is 8.82. The summed E-state index contributed by atoms with van der Waals surface area (Å²) in [5, 5.41) is 0. The van der Waals surface area contributed by atoms with Crippen LogP contribution in [0.1, 0.15) is 5.56 Å². The minimum Gasteiger partial charge on any atom is -0.497 e. The number of hydrogen-bond acceptors (Lipinski definition) is 3. The number of fused-ring (bicyclic) bond motifs is 1. The van der Waals surface area contributed by atoms with Crippen molar-refractivity contribution in [1.82, 2.24) is 0 Å². The van der Waals surface area contributed by atoms with Gasteiger partial charge in [0, 0.05) is 11.3 Å². The van der Waals surface area contributed by atoms with E-state index in [1.54, 1.807) is 19.2 Å². The molecule has 3 aromatic carbocycles. The molecule has 0 saturated carbocycles. The number of methoxy groups -OCH3 is 1. The van der Waals surface area contributed by atoms with Crippen LogP contribution < -0.4 is 14.4 Å². The number of rotatable bonds is 3. The molecule has 0 unspecified atom stereocenters. The third kappa shape index (κ3) is 3.38. The van der Waals surface area contributed by atoms with Crippen molar-refractivity contribution >= 4 is 11.4 Å². The normalized spacial score (nSPS) is 13.6. The summed E-state index contributed by atoms with van der Waals surface area (Å²) in [6, 6.07) is 18.4. The van der Waals surface area contributed by atoms with E-state index in [9.17, 15) is 13.2 Å². The standard InChI is InChI=1S/C22H18F3NO2/c1-27-18-10-8-17(9-11-18)26-12-13-28-20-7-3-6-19(21(20)26)15-4-2-5-16(14-15)22(23,24)25/h2-11,14H,12-13H2,1H3. The van der Waals surface area contributed by atoms with Gasteiger partial charge in [0.25, 0.3) is 0 Å². The molecule has 0 radical (unpaired) electrons. The Morgan fingerprint density at radius 1 is 0.964 bits per heavy atom. The number of alkyl halides is 3. The molecule has 1 heterocycles. The van der Waals surface area contributed by atoms with Crippen LogP contribution in [0.4, 0.5) is 24.5 Å². The topological polar surface area (TPSA) is 21.7 Å². The highest BCUT2D eigenvalue weighted by Crippen LogP contribution is 2.45. The molecule has 1 aliphatic rings. The van der Waals surface area contributed by atoms with Gasteiger partial charge in [-0.2, -0.15) is 13.2 Å². The van der Waals surface area contributed by atoms with Crippen molar-refractivity contribution in [1.29, 1.82) is 0 Å². The van der Waals surface area contributed by atoms with Crippen LogP contribution in [-0.2, 0) is 6.18 Å². The molecule has 0 atom stereocenters. The van der Waals surface area contributed by atoms with E-state index in [1.165, 1.54) is 12.1 Å². The van der Waals surface area contributed by atoms with E-state index in [-0.39, 0.29) is 0 Å². The van der Waals surface area contributed by atoms with Crippen LogP contribution in [0.15, 0.2) is 66.7 Å². The second-order valence-corrected chi connectivity index (χ2v) is 6.43. The maximum absolute atomic E-state index is 13.2. The monoisotopic (exact) mass is 385 g/mol. The molecular weight excluding hydrogens is 367 g/mol. The SMILES string of the molecule is COc1ccc(N2CCOc3cccc(-c4cccc(C(F)(F)F)c4)c32)cc1. The van der Waals surface area contributed by atoms with E-state index in [2.05, 4.69) is 4.90 Å². The van der Waals surface area contributed by atoms with Gasteiger partial charge in [0.15, 0.2) is 0 Å². The molecule has 28 heavy (non-hydrogen) atoms. The lowest BCUT2D eigenvalue weighted by atomic mass is 9.99. The zero-order valence-corrected chi connectivity index (χ0v) is 15.2. The highest BCUT2D eigenvalue weighted by atomic mass is 19.4. The molecule has 0 N–H and O–H groups in total. The van der Waals surface area contributed by atoms with Gasteiger partial charge in [-0.25, -0.2) is 0 Å². The van der Waals surface area contributed by atoms with Crippen LogP contribution in [0.3, 0.4) is 0 Å². The maximum Gasteiger partial charge on any atom is 0.416 e. The summed E-state index contributed by atoms with van der Waals surface area (Å²) in [7, 11) is 1.60. The van der Waals surface area contributed by atoms with Gasteiger partial charge in [-0.1, -0.05) is 24.3 Å². The third-order valence-electron chi connectivity index (χ3n) is 4.73. The number of halogens is 3. The molecule has 3 nitrogen and oxygen atoms in total. The van der Waals surface area contributed by atoms with Crippen LogP contribution in [0.5, 0.6) is 11.5 Å². The summed E-state index contributed by atoms with van der Waals surface area (Å²) in [5.74, 6) is 1.39. The van der Waals surface area contributed by atoms with Crippen LogP contribution in [0, 0.1) is 0 Å². The van der Waals surface area contributed by atoms with Crippen molar-refractivity contribution in [2.24, 2.45) is 0 Å². The molecule has 0 aliphatic carbocycles. The summed E-state index contributed by atoms with van der Waals surface area (Å²) >= 11 is 0. The van der Waals surface area contributed by atoms with Gasteiger partial charge in [-0.15, -0.1) is 0 Å². The molecule has 0 bridgehead atoms. The van der Waals surface area contributed by atoms with E-state index in [0.717, 1.165) is 23.2 Å². The quantitative estimate of drug-likeness (QED) is 0.559. The van der Waals surface area contributed by atoms with Gasteiger partial charge in [-0.05, 0) is 48.0 Å². The van der Waals surface area contributed by atoms with E-state index in [4.69, 9.17) is 9.47 Å². The number of hydrogen-bond donors (Lipinski definition) is 0. The Labute approximate surface area is 160 Å². The van der Waals surface area contributed by atoms with Crippen molar-refractivity contribution in [3.05, 3.63) is 72.3 Å². The van der Waals surface area contributed by atoms with Gasteiger partial charge < -0.3 is 14.4 Å². The van der Waals surface area contributed by atoms with Gasteiger partial charge in [-0.3, -0.25) is 0 Å². The Bertz CT molecular complexity index is 984. The Morgan fingerprint density at radius 3 is 2.43 bits per heavy atom. The minimum absolute atomic E-state index is 0.491. The number of nitrogens with zero attached hydrogens (tertiary/aromatic N) is 1. The van der Waals surface area contributed by atoms with E-state index >= 15 is 0 Å². The van der Waals surface area contributed by atoms with Crippen molar-refractivity contribution < 1.29 is 22.6 Å². The highest BCUT2D eigenvalue weighted by Gasteiger charge is 2.31. The Balaban J connectivity index is 1.83. The van der Waals surface area contributed by atoms with Gasteiger partial charge in [0.05, 0.1) is 24.9 Å². The molecule has 0 spiro atoms. The van der Waals surface area contributed by atoms with Crippen LogP contribution in [0.25, 0.3) is 11.1 Å². The van der Waals surface area contributed by atoms with Crippen molar-refractivity contribution in [2.75, 3.05) is 25.2 Å². The molecule has 6 heteroatoms. The fourth-order valence-electron chi connectivity index (χ4n) is 3.39. The number of anilines is 2. The summed E-state index contributed by atoms with van der Waals surface area (Å²) in [5.41, 5.74) is 2.20. The third-order valence-corrected chi connectivity index (χ3v) is 4.73. The fraction of sp³-hybridized carbons (Fsp3) is 0.182. The first kappa shape index (κ1) is 18.2. The summed E-state index contributed by atoms with van der Waals surface area (Å²) in [6.07, 6.45) is -4.39. The molecule has 0 saturated heterocycles. The van der Waals surface area contributed by atoms with E-state index < -0.39 is 11.7 Å². The van der Waals surface area contributed by atoms with E-state index in [1.807, 2.05) is 36.4 Å². The maximum atomic E-state index is 13.2. The van der Waals surface area contributed by atoms with Crippen LogP contribution in [-0.4, -0.2) is 20.3 Å². The summed E-state index contributed by atoms with van der Waals surface area (Å²) < 4.78 is 50.6. The number of benzene rings is 3. The lowest BCUT2D eigenvalue weighted by Gasteiger charge is -2.33. The highest BCUT2D eigenvalue weighted by molar-refractivity contribution is 5.87. The van der Waals surface area contributed by atoms with Crippen LogP contribution >= 0.6 is 0 Å². The average Bonchev–Trinajstić information content (AvgIpc) is 2.72. The molecule has 3 aromatic rings. The first-order chi connectivity index (χ1) is 13.5. The van der Waals surface area contributed by atoms with Gasteiger partial charge in [0.2, 0.25) is 0 Å².